The average Bonchev–Trinajstić information content (AvgIpc) is 2.56. The second-order valence-corrected chi connectivity index (χ2v) is 5.78. The number of aromatic nitrogens is 1. The van der Waals surface area contributed by atoms with E-state index in [1.54, 1.807) is 0 Å². The molecule has 1 aliphatic rings. The average molecular weight is 282 g/mol. The van der Waals surface area contributed by atoms with Crippen molar-refractivity contribution in [2.75, 3.05) is 31.2 Å². The summed E-state index contributed by atoms with van der Waals surface area (Å²) in [4.78, 5) is 6.88. The van der Waals surface area contributed by atoms with E-state index in [1.165, 1.54) is 16.7 Å². The van der Waals surface area contributed by atoms with Crippen LogP contribution >= 0.6 is 0 Å². The number of benzene rings is 1. The molecule has 0 unspecified atom stereocenters. The first-order valence-electron chi connectivity index (χ1n) is 7.63. The Hall–Kier alpha value is -1.87. The molecule has 2 heterocycles. The molecule has 21 heavy (non-hydrogen) atoms. The lowest BCUT2D eigenvalue weighted by atomic mass is 9.99. The van der Waals surface area contributed by atoms with Gasteiger partial charge in [-0.2, -0.15) is 0 Å². The summed E-state index contributed by atoms with van der Waals surface area (Å²) in [6.45, 7) is 7.87. The van der Waals surface area contributed by atoms with Gasteiger partial charge in [0.15, 0.2) is 0 Å². The summed E-state index contributed by atoms with van der Waals surface area (Å²) >= 11 is 0. The van der Waals surface area contributed by atoms with E-state index in [4.69, 9.17) is 4.74 Å². The van der Waals surface area contributed by atoms with Crippen molar-refractivity contribution in [1.29, 1.82) is 0 Å². The van der Waals surface area contributed by atoms with Gasteiger partial charge in [-0.1, -0.05) is 38.1 Å². The van der Waals surface area contributed by atoms with E-state index in [0.29, 0.717) is 5.92 Å². The van der Waals surface area contributed by atoms with Gasteiger partial charge in [0.1, 0.15) is 5.82 Å². The summed E-state index contributed by atoms with van der Waals surface area (Å²) in [5.74, 6) is 1.61. The molecule has 0 N–H and O–H groups in total. The maximum atomic E-state index is 5.38. The lowest BCUT2D eigenvalue weighted by Crippen LogP contribution is -2.36. The SMILES string of the molecule is CC(C)c1ccc(-c2ccc(N3CCOCC3)nc2)cc1. The molecule has 1 aromatic carbocycles. The molecule has 0 amide bonds. The maximum absolute atomic E-state index is 5.38. The molecule has 110 valence electrons. The summed E-state index contributed by atoms with van der Waals surface area (Å²) in [6, 6.07) is 13.0. The summed E-state index contributed by atoms with van der Waals surface area (Å²) in [5.41, 5.74) is 3.76. The van der Waals surface area contributed by atoms with Crippen molar-refractivity contribution in [2.24, 2.45) is 0 Å². The number of ether oxygens (including phenoxy) is 1. The molecule has 3 heteroatoms. The molecule has 1 fully saturated rings. The quantitative estimate of drug-likeness (QED) is 0.858. The van der Waals surface area contributed by atoms with Gasteiger partial charge < -0.3 is 9.64 Å². The molecule has 0 bridgehead atoms. The van der Waals surface area contributed by atoms with Gasteiger partial charge in [-0.05, 0) is 29.2 Å². The fraction of sp³-hybridized carbons (Fsp3) is 0.389. The minimum Gasteiger partial charge on any atom is -0.378 e. The number of nitrogens with zero attached hydrogens (tertiary/aromatic N) is 2. The van der Waals surface area contributed by atoms with Crippen LogP contribution in [0.15, 0.2) is 42.6 Å². The van der Waals surface area contributed by atoms with E-state index in [1.807, 2.05) is 6.20 Å². The molecular weight excluding hydrogens is 260 g/mol. The number of anilines is 1. The van der Waals surface area contributed by atoms with Gasteiger partial charge in [0, 0.05) is 24.8 Å². The van der Waals surface area contributed by atoms with E-state index in [2.05, 4.69) is 60.1 Å². The zero-order chi connectivity index (χ0) is 14.7. The van der Waals surface area contributed by atoms with Crippen molar-refractivity contribution in [1.82, 2.24) is 4.98 Å². The Kier molecular flexibility index (Phi) is 4.20. The summed E-state index contributed by atoms with van der Waals surface area (Å²) in [6.07, 6.45) is 1.97. The Morgan fingerprint density at radius 2 is 1.62 bits per heavy atom. The van der Waals surface area contributed by atoms with Crippen molar-refractivity contribution in [2.45, 2.75) is 19.8 Å². The lowest BCUT2D eigenvalue weighted by Gasteiger charge is -2.27. The minimum absolute atomic E-state index is 0.570. The van der Waals surface area contributed by atoms with Gasteiger partial charge in [-0.15, -0.1) is 0 Å². The first kappa shape index (κ1) is 14.1. The van der Waals surface area contributed by atoms with Gasteiger partial charge in [-0.3, -0.25) is 0 Å². The van der Waals surface area contributed by atoms with Gasteiger partial charge in [0.25, 0.3) is 0 Å². The molecule has 0 aliphatic carbocycles. The van der Waals surface area contributed by atoms with Crippen molar-refractivity contribution in [3.8, 4) is 11.1 Å². The maximum Gasteiger partial charge on any atom is 0.128 e. The van der Waals surface area contributed by atoms with Crippen molar-refractivity contribution >= 4 is 5.82 Å². The number of rotatable bonds is 3. The normalized spacial score (nSPS) is 15.5. The largest absolute Gasteiger partial charge is 0.378 e. The first-order chi connectivity index (χ1) is 10.2. The van der Waals surface area contributed by atoms with Crippen LogP contribution in [0.4, 0.5) is 5.82 Å². The van der Waals surface area contributed by atoms with E-state index in [0.717, 1.165) is 32.1 Å². The highest BCUT2D eigenvalue weighted by Gasteiger charge is 2.12. The smallest absolute Gasteiger partial charge is 0.128 e. The van der Waals surface area contributed by atoms with Crippen LogP contribution in [0.3, 0.4) is 0 Å². The molecule has 0 radical (unpaired) electrons. The molecule has 1 aromatic heterocycles. The Morgan fingerprint density at radius 1 is 0.952 bits per heavy atom. The van der Waals surface area contributed by atoms with Crippen LogP contribution in [0.2, 0.25) is 0 Å². The van der Waals surface area contributed by atoms with Crippen LogP contribution in [-0.2, 0) is 4.74 Å². The molecule has 3 rings (SSSR count). The van der Waals surface area contributed by atoms with E-state index in [9.17, 15) is 0 Å². The fourth-order valence-electron chi connectivity index (χ4n) is 2.60. The van der Waals surface area contributed by atoms with Crippen LogP contribution in [-0.4, -0.2) is 31.3 Å². The number of hydrogen-bond donors (Lipinski definition) is 0. The van der Waals surface area contributed by atoms with Gasteiger partial charge in [0.2, 0.25) is 0 Å². The zero-order valence-electron chi connectivity index (χ0n) is 12.7. The lowest BCUT2D eigenvalue weighted by molar-refractivity contribution is 0.122. The van der Waals surface area contributed by atoms with Crippen molar-refractivity contribution < 1.29 is 4.74 Å². The topological polar surface area (TPSA) is 25.4 Å². The predicted molar refractivity (Wildman–Crippen MR) is 86.8 cm³/mol. The summed E-state index contributed by atoms with van der Waals surface area (Å²) in [5, 5.41) is 0. The minimum atomic E-state index is 0.570. The number of morpholine rings is 1. The Balaban J connectivity index is 1.76. The standard InChI is InChI=1S/C18H22N2O/c1-14(2)15-3-5-16(6-4-15)17-7-8-18(19-13-17)20-9-11-21-12-10-20/h3-8,13-14H,9-12H2,1-2H3. The summed E-state index contributed by atoms with van der Waals surface area (Å²) < 4.78 is 5.38. The molecule has 2 aromatic rings. The highest BCUT2D eigenvalue weighted by atomic mass is 16.5. The third kappa shape index (κ3) is 3.24. The van der Waals surface area contributed by atoms with Crippen LogP contribution in [0, 0.1) is 0 Å². The molecule has 1 aliphatic heterocycles. The number of pyridine rings is 1. The van der Waals surface area contributed by atoms with E-state index >= 15 is 0 Å². The highest BCUT2D eigenvalue weighted by molar-refractivity contribution is 5.64. The van der Waals surface area contributed by atoms with Gasteiger partial charge >= 0.3 is 0 Å². The van der Waals surface area contributed by atoms with Crippen LogP contribution in [0.25, 0.3) is 11.1 Å². The number of hydrogen-bond acceptors (Lipinski definition) is 3. The monoisotopic (exact) mass is 282 g/mol. The third-order valence-electron chi connectivity index (χ3n) is 3.99. The molecule has 1 saturated heterocycles. The van der Waals surface area contributed by atoms with Crippen LogP contribution in [0.5, 0.6) is 0 Å². The first-order valence-corrected chi connectivity index (χ1v) is 7.63. The van der Waals surface area contributed by atoms with Crippen molar-refractivity contribution in [3.63, 3.8) is 0 Å². The Bertz CT molecular complexity index is 569. The molecule has 3 nitrogen and oxygen atoms in total. The highest BCUT2D eigenvalue weighted by Crippen LogP contribution is 2.23. The van der Waals surface area contributed by atoms with E-state index in [-0.39, 0.29) is 0 Å². The molecule has 0 atom stereocenters. The van der Waals surface area contributed by atoms with Crippen molar-refractivity contribution in [3.05, 3.63) is 48.2 Å². The van der Waals surface area contributed by atoms with E-state index < -0.39 is 0 Å². The van der Waals surface area contributed by atoms with Gasteiger partial charge in [-0.25, -0.2) is 4.98 Å². The second-order valence-electron chi connectivity index (χ2n) is 5.78. The zero-order valence-corrected chi connectivity index (χ0v) is 12.7. The molecular formula is C18H22N2O. The Labute approximate surface area is 126 Å². The predicted octanol–water partition coefficient (Wildman–Crippen LogP) is 3.71. The fourth-order valence-corrected chi connectivity index (χ4v) is 2.60. The molecule has 0 saturated carbocycles. The molecule has 0 spiro atoms. The van der Waals surface area contributed by atoms with Crippen LogP contribution < -0.4 is 4.90 Å². The van der Waals surface area contributed by atoms with Crippen LogP contribution in [0.1, 0.15) is 25.3 Å². The summed E-state index contributed by atoms with van der Waals surface area (Å²) in [7, 11) is 0. The third-order valence-corrected chi connectivity index (χ3v) is 3.99. The second kappa shape index (κ2) is 6.27. The Morgan fingerprint density at radius 3 is 2.19 bits per heavy atom. The van der Waals surface area contributed by atoms with Gasteiger partial charge in [0.05, 0.1) is 13.2 Å².